The van der Waals surface area contributed by atoms with Gasteiger partial charge < -0.3 is 10.6 Å². The lowest BCUT2D eigenvalue weighted by Gasteiger charge is -2.34. The van der Waals surface area contributed by atoms with Gasteiger partial charge >= 0.3 is 0 Å². The molecule has 0 saturated heterocycles. The minimum absolute atomic E-state index is 0.0746. The Morgan fingerprint density at radius 2 is 1.76 bits per heavy atom. The Kier molecular flexibility index (Phi) is 7.01. The van der Waals surface area contributed by atoms with E-state index in [-0.39, 0.29) is 17.9 Å². The number of carbonyl (C=O) groups is 2. The van der Waals surface area contributed by atoms with E-state index in [1.807, 2.05) is 12.1 Å². The van der Waals surface area contributed by atoms with Gasteiger partial charge in [-0.2, -0.15) is 0 Å². The number of hydrogen-bond acceptors (Lipinski definition) is 3. The third kappa shape index (κ3) is 5.63. The molecule has 1 fully saturated rings. The highest BCUT2D eigenvalue weighted by Gasteiger charge is 2.28. The van der Waals surface area contributed by atoms with Crippen LogP contribution in [0.5, 0.6) is 0 Å². The molecule has 0 radical (unpaired) electrons. The van der Waals surface area contributed by atoms with E-state index in [0.29, 0.717) is 23.1 Å². The highest BCUT2D eigenvalue weighted by Crippen LogP contribution is 2.35. The van der Waals surface area contributed by atoms with Gasteiger partial charge in [-0.15, -0.1) is 0 Å². The van der Waals surface area contributed by atoms with Gasteiger partial charge in [0.25, 0.3) is 5.91 Å². The minimum atomic E-state index is -0.150. The summed E-state index contributed by atoms with van der Waals surface area (Å²) in [5.41, 5.74) is 2.45. The lowest BCUT2D eigenvalue weighted by molar-refractivity contribution is -0.114. The molecule has 2 amide bonds. The van der Waals surface area contributed by atoms with Gasteiger partial charge in [0, 0.05) is 28.3 Å². The van der Waals surface area contributed by atoms with Gasteiger partial charge in [0.2, 0.25) is 5.91 Å². The van der Waals surface area contributed by atoms with Crippen molar-refractivity contribution in [1.82, 2.24) is 5.32 Å². The average Bonchev–Trinajstić information content (AvgIpc) is 2.68. The van der Waals surface area contributed by atoms with Crippen molar-refractivity contribution in [3.63, 3.8) is 0 Å². The molecular formula is C24H30N2O2S. The Hall–Kier alpha value is -2.27. The molecule has 2 N–H and O–H groups in total. The molecule has 1 aliphatic carbocycles. The maximum absolute atomic E-state index is 12.9. The van der Waals surface area contributed by atoms with Gasteiger partial charge in [-0.25, -0.2) is 0 Å². The summed E-state index contributed by atoms with van der Waals surface area (Å²) in [6, 6.07) is 14.0. The molecule has 0 spiro atoms. The summed E-state index contributed by atoms with van der Waals surface area (Å²) in [6.07, 6.45) is 3.40. The molecule has 3 rings (SSSR count). The Morgan fingerprint density at radius 3 is 2.45 bits per heavy atom. The molecule has 1 aliphatic rings. The molecule has 5 heteroatoms. The van der Waals surface area contributed by atoms with Crippen molar-refractivity contribution in [3.05, 3.63) is 53.6 Å². The highest BCUT2D eigenvalue weighted by molar-refractivity contribution is 7.99. The van der Waals surface area contributed by atoms with Crippen LogP contribution in [0.3, 0.4) is 0 Å². The van der Waals surface area contributed by atoms with E-state index in [1.54, 1.807) is 17.8 Å². The van der Waals surface area contributed by atoms with Crippen molar-refractivity contribution in [2.24, 2.45) is 11.8 Å². The fourth-order valence-corrected chi connectivity index (χ4v) is 4.70. The van der Waals surface area contributed by atoms with Crippen LogP contribution in [-0.4, -0.2) is 17.9 Å². The number of carbonyl (C=O) groups excluding carboxylic acids is 2. The highest BCUT2D eigenvalue weighted by atomic mass is 32.2. The Labute approximate surface area is 177 Å². The Bertz CT molecular complexity index is 879. The largest absolute Gasteiger partial charge is 0.349 e. The second-order valence-electron chi connectivity index (χ2n) is 8.15. The first kappa shape index (κ1) is 21.4. The predicted molar refractivity (Wildman–Crippen MR) is 119 cm³/mol. The first-order valence-electron chi connectivity index (χ1n) is 10.3. The van der Waals surface area contributed by atoms with Crippen molar-refractivity contribution < 1.29 is 9.59 Å². The molecule has 2 aromatic carbocycles. The summed E-state index contributed by atoms with van der Waals surface area (Å²) in [6.45, 7) is 8.02. The third-order valence-corrected chi connectivity index (χ3v) is 6.91. The SMILES string of the molecule is CC(=O)Nc1cc(C(=O)NC2CCCC(C)C2C)ccc1Sc1ccc(C)cc1. The van der Waals surface area contributed by atoms with Crippen LogP contribution in [0.4, 0.5) is 5.69 Å². The number of benzene rings is 2. The van der Waals surface area contributed by atoms with Crippen LogP contribution in [0, 0.1) is 18.8 Å². The van der Waals surface area contributed by atoms with Gasteiger partial charge in [-0.1, -0.05) is 56.1 Å². The molecule has 0 heterocycles. The molecule has 0 aliphatic heterocycles. The van der Waals surface area contributed by atoms with Crippen LogP contribution in [-0.2, 0) is 4.79 Å². The summed E-state index contributed by atoms with van der Waals surface area (Å²) >= 11 is 1.58. The minimum Gasteiger partial charge on any atom is -0.349 e. The quantitative estimate of drug-likeness (QED) is 0.669. The first-order chi connectivity index (χ1) is 13.8. The van der Waals surface area contributed by atoms with E-state index in [4.69, 9.17) is 0 Å². The second-order valence-corrected chi connectivity index (χ2v) is 9.27. The number of anilines is 1. The van der Waals surface area contributed by atoms with E-state index < -0.39 is 0 Å². The van der Waals surface area contributed by atoms with E-state index >= 15 is 0 Å². The van der Waals surface area contributed by atoms with Crippen molar-refractivity contribution in [1.29, 1.82) is 0 Å². The van der Waals surface area contributed by atoms with Crippen molar-refractivity contribution >= 4 is 29.3 Å². The molecule has 3 atom stereocenters. The average molecular weight is 411 g/mol. The summed E-state index contributed by atoms with van der Waals surface area (Å²) in [5.74, 6) is 0.869. The van der Waals surface area contributed by atoms with Crippen LogP contribution in [0.15, 0.2) is 52.3 Å². The van der Waals surface area contributed by atoms with Crippen molar-refractivity contribution in [3.8, 4) is 0 Å². The zero-order valence-electron chi connectivity index (χ0n) is 17.6. The number of hydrogen-bond donors (Lipinski definition) is 2. The standard InChI is InChI=1S/C24H30N2O2S/c1-15-8-11-20(12-9-15)29-23-13-10-19(14-22(23)25-18(4)27)24(28)26-21-7-5-6-16(2)17(21)3/h8-14,16-17,21H,5-7H2,1-4H3,(H,25,27)(H,26,28). The molecule has 29 heavy (non-hydrogen) atoms. The molecule has 2 aromatic rings. The fourth-order valence-electron chi connectivity index (χ4n) is 3.82. The first-order valence-corrected chi connectivity index (χ1v) is 11.1. The molecule has 1 saturated carbocycles. The molecule has 0 aromatic heterocycles. The molecule has 154 valence electrons. The van der Waals surface area contributed by atoms with Crippen LogP contribution >= 0.6 is 11.8 Å². The van der Waals surface area contributed by atoms with Gasteiger partial charge in [-0.3, -0.25) is 9.59 Å². The number of nitrogens with one attached hydrogen (secondary N) is 2. The predicted octanol–water partition coefficient (Wildman–Crippen LogP) is 5.66. The lowest BCUT2D eigenvalue weighted by atomic mass is 9.78. The lowest BCUT2D eigenvalue weighted by Crippen LogP contribution is -2.43. The van der Waals surface area contributed by atoms with Crippen molar-refractivity contribution in [2.45, 2.75) is 62.8 Å². The number of rotatable bonds is 5. The maximum Gasteiger partial charge on any atom is 0.251 e. The van der Waals surface area contributed by atoms with Gasteiger partial charge in [0.05, 0.1) is 5.69 Å². The van der Waals surface area contributed by atoms with Gasteiger partial charge in [0.15, 0.2) is 0 Å². The Balaban J connectivity index is 1.79. The Morgan fingerprint density at radius 1 is 1.03 bits per heavy atom. The molecule has 0 bridgehead atoms. The topological polar surface area (TPSA) is 58.2 Å². The molecule has 3 unspecified atom stereocenters. The molecule has 4 nitrogen and oxygen atoms in total. The normalized spacial score (nSPS) is 21.4. The smallest absolute Gasteiger partial charge is 0.251 e. The van der Waals surface area contributed by atoms with E-state index in [0.717, 1.165) is 22.6 Å². The number of aryl methyl sites for hydroxylation is 1. The van der Waals surface area contributed by atoms with Gasteiger partial charge in [0.1, 0.15) is 0 Å². The fraction of sp³-hybridized carbons (Fsp3) is 0.417. The zero-order chi connectivity index (χ0) is 21.0. The van der Waals surface area contributed by atoms with E-state index in [1.165, 1.54) is 18.9 Å². The molecular weight excluding hydrogens is 380 g/mol. The second kappa shape index (κ2) is 9.49. The van der Waals surface area contributed by atoms with Crippen LogP contribution in [0.25, 0.3) is 0 Å². The van der Waals surface area contributed by atoms with Crippen LogP contribution in [0.2, 0.25) is 0 Å². The number of amides is 2. The van der Waals surface area contributed by atoms with Crippen molar-refractivity contribution in [2.75, 3.05) is 5.32 Å². The van der Waals surface area contributed by atoms with E-state index in [9.17, 15) is 9.59 Å². The zero-order valence-corrected chi connectivity index (χ0v) is 18.4. The summed E-state index contributed by atoms with van der Waals surface area (Å²) in [4.78, 5) is 26.6. The summed E-state index contributed by atoms with van der Waals surface area (Å²) in [5, 5.41) is 6.09. The van der Waals surface area contributed by atoms with E-state index in [2.05, 4.69) is 55.7 Å². The maximum atomic E-state index is 12.9. The van der Waals surface area contributed by atoms with Crippen LogP contribution < -0.4 is 10.6 Å². The monoisotopic (exact) mass is 410 g/mol. The van der Waals surface area contributed by atoms with Gasteiger partial charge in [-0.05, 0) is 55.5 Å². The summed E-state index contributed by atoms with van der Waals surface area (Å²) < 4.78 is 0. The van der Waals surface area contributed by atoms with Crippen LogP contribution in [0.1, 0.15) is 56.0 Å². The summed E-state index contributed by atoms with van der Waals surface area (Å²) in [7, 11) is 0. The third-order valence-electron chi connectivity index (χ3n) is 5.82.